The molecule has 0 unspecified atom stereocenters. The molecular weight excluding hydrogens is 414 g/mol. The summed E-state index contributed by atoms with van der Waals surface area (Å²) in [7, 11) is 0. The average Bonchev–Trinajstić information content (AvgIpc) is 3.59. The highest BCUT2D eigenvalue weighted by Gasteiger charge is 2.19. The topological polar surface area (TPSA) is 92.6 Å². The summed E-state index contributed by atoms with van der Waals surface area (Å²) in [6, 6.07) is 6.48. The van der Waals surface area contributed by atoms with E-state index in [4.69, 9.17) is 4.99 Å². The van der Waals surface area contributed by atoms with Crippen LogP contribution in [-0.4, -0.2) is 27.8 Å². The van der Waals surface area contributed by atoms with E-state index < -0.39 is 4.92 Å². The largest absolute Gasteiger partial charge is 0.269 e. The maximum Gasteiger partial charge on any atom is 0.269 e. The molecule has 0 aliphatic carbocycles. The first-order chi connectivity index (χ1) is 16.1. The number of benzene rings is 1. The maximum absolute atomic E-state index is 11.0. The van der Waals surface area contributed by atoms with Crippen LogP contribution < -0.4 is 0 Å². The summed E-state index contributed by atoms with van der Waals surface area (Å²) in [4.78, 5) is 29.4. The Morgan fingerprint density at radius 3 is 1.64 bits per heavy atom. The maximum atomic E-state index is 11.0. The zero-order valence-electron chi connectivity index (χ0n) is 17.2. The van der Waals surface area contributed by atoms with Crippen molar-refractivity contribution < 1.29 is 4.92 Å². The minimum atomic E-state index is -0.405. The van der Waals surface area contributed by atoms with E-state index >= 15 is 0 Å². The van der Waals surface area contributed by atoms with Crippen molar-refractivity contribution in [1.29, 1.82) is 0 Å². The van der Waals surface area contributed by atoms with Crippen LogP contribution >= 0.6 is 0 Å². The Kier molecular flexibility index (Phi) is 4.26. The number of nitro benzene ring substituents is 1. The van der Waals surface area contributed by atoms with Crippen LogP contribution in [0.5, 0.6) is 0 Å². The fraction of sp³-hybridized carbons (Fsp3) is 0. The molecule has 33 heavy (non-hydrogen) atoms. The summed E-state index contributed by atoms with van der Waals surface area (Å²) < 4.78 is 0. The molecule has 5 aliphatic rings. The number of hydrogen-bond donors (Lipinski definition) is 0. The third-order valence-electron chi connectivity index (χ3n) is 5.43. The molecule has 0 fully saturated rings. The molecule has 0 saturated heterocycles. The molecule has 0 N–H and O–H groups in total. The van der Waals surface area contributed by atoms with Crippen molar-refractivity contribution in [2.75, 3.05) is 0 Å². The van der Waals surface area contributed by atoms with Gasteiger partial charge in [-0.05, 0) is 84.5 Å². The van der Waals surface area contributed by atoms with E-state index in [-0.39, 0.29) is 5.69 Å². The highest BCUT2D eigenvalue weighted by atomic mass is 16.6. The summed E-state index contributed by atoms with van der Waals surface area (Å²) in [6.07, 6.45) is 21.3. The van der Waals surface area contributed by atoms with Crippen molar-refractivity contribution in [3.63, 3.8) is 0 Å². The minimum absolute atomic E-state index is 0.0490. The van der Waals surface area contributed by atoms with E-state index in [9.17, 15) is 10.1 Å². The number of aliphatic imine (C=N–C) groups is 4. The number of non-ortho nitro benzene ring substituents is 1. The molecule has 7 heteroatoms. The van der Waals surface area contributed by atoms with Gasteiger partial charge in [0.15, 0.2) is 0 Å². The van der Waals surface area contributed by atoms with Gasteiger partial charge in [0.1, 0.15) is 0 Å². The average molecular weight is 429 g/mol. The number of nitrogens with zero attached hydrogens (tertiary/aromatic N) is 5. The summed E-state index contributed by atoms with van der Waals surface area (Å²) in [5.74, 6) is 0. The van der Waals surface area contributed by atoms with Crippen LogP contribution in [0.4, 0.5) is 5.69 Å². The van der Waals surface area contributed by atoms with Gasteiger partial charge in [0, 0.05) is 17.7 Å². The van der Waals surface area contributed by atoms with Gasteiger partial charge in [-0.25, -0.2) is 20.0 Å². The lowest BCUT2D eigenvalue weighted by molar-refractivity contribution is -0.384. The summed E-state index contributed by atoms with van der Waals surface area (Å²) in [6.45, 7) is 0. The predicted octanol–water partition coefficient (Wildman–Crippen LogP) is 5.01. The minimum Gasteiger partial charge on any atom is -0.258 e. The standard InChI is InChI=1S/C26H15N5O2/c32-31(33)24-9-1-16(2-10-24)25-14-23-13-21-6-5-19(28-21)11-17-3-4-18(27-17)12-20-7-8-22(29-20)15-26(25)30-23/h1-15H. The van der Waals surface area contributed by atoms with Gasteiger partial charge in [0.05, 0.1) is 50.6 Å². The first-order valence-electron chi connectivity index (χ1n) is 10.3. The zero-order chi connectivity index (χ0) is 22.4. The Morgan fingerprint density at radius 1 is 0.576 bits per heavy atom. The molecule has 0 spiro atoms. The van der Waals surface area contributed by atoms with E-state index in [2.05, 4.69) is 15.0 Å². The molecular formula is C26H15N5O2. The molecule has 1 aromatic rings. The Morgan fingerprint density at radius 2 is 1.09 bits per heavy atom. The van der Waals surface area contributed by atoms with Gasteiger partial charge in [0.2, 0.25) is 0 Å². The van der Waals surface area contributed by atoms with Crippen molar-refractivity contribution in [2.45, 2.75) is 0 Å². The van der Waals surface area contributed by atoms with Crippen molar-refractivity contribution >= 4 is 34.1 Å². The number of hydrogen-bond acceptors (Lipinski definition) is 6. The van der Waals surface area contributed by atoms with Crippen molar-refractivity contribution in [3.8, 4) is 0 Å². The van der Waals surface area contributed by atoms with Crippen LogP contribution in [0.1, 0.15) is 5.56 Å². The fourth-order valence-electron chi connectivity index (χ4n) is 3.89. The monoisotopic (exact) mass is 429 g/mol. The van der Waals surface area contributed by atoms with Gasteiger partial charge in [-0.15, -0.1) is 0 Å². The number of nitro groups is 1. The van der Waals surface area contributed by atoms with Crippen molar-refractivity contribution in [2.24, 2.45) is 20.0 Å². The smallest absolute Gasteiger partial charge is 0.258 e. The summed E-state index contributed by atoms with van der Waals surface area (Å²) >= 11 is 0. The van der Waals surface area contributed by atoms with Crippen molar-refractivity contribution in [3.05, 3.63) is 130 Å². The second-order valence-corrected chi connectivity index (χ2v) is 7.75. The van der Waals surface area contributed by atoms with Crippen molar-refractivity contribution in [1.82, 2.24) is 0 Å². The highest BCUT2D eigenvalue weighted by molar-refractivity contribution is 6.32. The molecule has 156 valence electrons. The first-order valence-corrected chi connectivity index (χ1v) is 10.3. The first kappa shape index (κ1) is 18.9. The molecule has 0 amide bonds. The van der Waals surface area contributed by atoms with Crippen LogP contribution in [0.2, 0.25) is 0 Å². The number of allylic oxidation sites excluding steroid dienone is 12. The predicted molar refractivity (Wildman–Crippen MR) is 131 cm³/mol. The third-order valence-corrected chi connectivity index (χ3v) is 5.43. The van der Waals surface area contributed by atoms with Crippen LogP contribution in [0.25, 0.3) is 5.57 Å². The van der Waals surface area contributed by atoms with E-state index in [0.717, 1.165) is 56.8 Å². The van der Waals surface area contributed by atoms with E-state index in [1.165, 1.54) is 12.1 Å². The Balaban J connectivity index is 1.47. The van der Waals surface area contributed by atoms with Crippen LogP contribution in [0.3, 0.4) is 0 Å². The van der Waals surface area contributed by atoms with E-state index in [1.807, 2.05) is 66.8 Å². The van der Waals surface area contributed by atoms with Gasteiger partial charge in [0.25, 0.3) is 5.69 Å². The van der Waals surface area contributed by atoms with E-state index in [0.29, 0.717) is 0 Å². The van der Waals surface area contributed by atoms with Gasteiger partial charge in [-0.2, -0.15) is 0 Å². The molecule has 6 rings (SSSR count). The fourth-order valence-corrected chi connectivity index (χ4v) is 3.89. The molecule has 7 nitrogen and oxygen atoms in total. The Labute approximate surface area is 188 Å². The lowest BCUT2D eigenvalue weighted by Crippen LogP contribution is -1.97. The molecule has 5 aliphatic heterocycles. The van der Waals surface area contributed by atoms with Gasteiger partial charge in [-0.1, -0.05) is 0 Å². The van der Waals surface area contributed by atoms with Crippen LogP contribution in [0, 0.1) is 10.1 Å². The zero-order valence-corrected chi connectivity index (χ0v) is 17.2. The molecule has 0 atom stereocenters. The summed E-state index contributed by atoms with van der Waals surface area (Å²) in [5, 5.41) is 11.0. The van der Waals surface area contributed by atoms with Crippen LogP contribution in [-0.2, 0) is 0 Å². The quantitative estimate of drug-likeness (QED) is 0.488. The lowest BCUT2D eigenvalue weighted by atomic mass is 10.0. The molecule has 0 saturated carbocycles. The second-order valence-electron chi connectivity index (χ2n) is 7.75. The van der Waals surface area contributed by atoms with Gasteiger partial charge < -0.3 is 0 Å². The molecule has 5 heterocycles. The molecule has 8 bridgehead atoms. The van der Waals surface area contributed by atoms with Gasteiger partial charge in [-0.3, -0.25) is 10.1 Å². The number of rotatable bonds is 2. The SMILES string of the molecule is O=[N+]([O-])c1ccc(C2=CC3=CC4=NC(=CC5=NC(=CC6=NC(=CC2=N3)C=C6)C=C5)C=C4)cc1. The van der Waals surface area contributed by atoms with E-state index in [1.54, 1.807) is 12.1 Å². The Hall–Kier alpha value is -4.78. The van der Waals surface area contributed by atoms with Crippen LogP contribution in [0.15, 0.2) is 134 Å². The Bertz CT molecular complexity index is 1500. The molecule has 0 radical (unpaired) electrons. The number of fused-ring (bicyclic) bond motifs is 4. The second kappa shape index (κ2) is 7.42. The lowest BCUT2D eigenvalue weighted by Gasteiger charge is -2.03. The molecule has 0 aromatic heterocycles. The summed E-state index contributed by atoms with van der Waals surface area (Å²) in [5.41, 5.74) is 8.10. The van der Waals surface area contributed by atoms with Gasteiger partial charge >= 0.3 is 0 Å². The third kappa shape index (κ3) is 3.72. The molecule has 1 aromatic carbocycles. The highest BCUT2D eigenvalue weighted by Crippen LogP contribution is 2.30. The normalized spacial score (nSPS) is 19.8.